The van der Waals surface area contributed by atoms with E-state index < -0.39 is 12.7 Å². The van der Waals surface area contributed by atoms with Crippen molar-refractivity contribution in [2.45, 2.75) is 31.5 Å². The molecule has 1 aliphatic heterocycles. The standard InChI is InChI=1S/C31H32BNO4/c1-23-31(2,26-15-19-28(34-3)20-16-26)33(37-32(36-23)27-17-21-29(35-4)22-18-27)30(24-11-7-5-8-12-24)25-13-9-6-10-14-25/h5-23,30H,1-4H3. The van der Waals surface area contributed by atoms with E-state index in [9.17, 15) is 0 Å². The maximum Gasteiger partial charge on any atom is 0.511 e. The normalized spacial score (nSPS) is 20.1. The Morgan fingerprint density at radius 3 is 1.70 bits per heavy atom. The molecule has 0 aliphatic carbocycles. The predicted octanol–water partition coefficient (Wildman–Crippen LogP) is 5.76. The lowest BCUT2D eigenvalue weighted by Gasteiger charge is -2.53. The number of benzene rings is 4. The van der Waals surface area contributed by atoms with E-state index in [1.165, 1.54) is 0 Å². The van der Waals surface area contributed by atoms with Crippen molar-refractivity contribution in [3.8, 4) is 11.5 Å². The van der Waals surface area contributed by atoms with E-state index in [0.717, 1.165) is 33.7 Å². The minimum absolute atomic E-state index is 0.179. The summed E-state index contributed by atoms with van der Waals surface area (Å²) >= 11 is 0. The Labute approximate surface area is 219 Å². The minimum Gasteiger partial charge on any atom is -0.497 e. The van der Waals surface area contributed by atoms with Crippen molar-refractivity contribution < 1.29 is 18.9 Å². The van der Waals surface area contributed by atoms with Crippen LogP contribution in [-0.2, 0) is 14.9 Å². The molecule has 2 unspecified atom stereocenters. The van der Waals surface area contributed by atoms with E-state index in [1.54, 1.807) is 14.2 Å². The fourth-order valence-corrected chi connectivity index (χ4v) is 4.99. The molecular formula is C31H32BNO4. The smallest absolute Gasteiger partial charge is 0.497 e. The molecule has 5 rings (SSSR count). The van der Waals surface area contributed by atoms with Crippen LogP contribution in [0.2, 0.25) is 0 Å². The van der Waals surface area contributed by atoms with Crippen LogP contribution in [-0.4, -0.2) is 32.5 Å². The summed E-state index contributed by atoms with van der Waals surface area (Å²) in [7, 11) is 2.76. The van der Waals surface area contributed by atoms with Crippen molar-refractivity contribution in [2.24, 2.45) is 0 Å². The van der Waals surface area contributed by atoms with Gasteiger partial charge in [-0.3, -0.25) is 0 Å². The van der Waals surface area contributed by atoms with E-state index in [2.05, 4.69) is 79.6 Å². The molecule has 0 N–H and O–H groups in total. The molecule has 188 valence electrons. The fourth-order valence-electron chi connectivity index (χ4n) is 4.99. The number of hydrogen-bond donors (Lipinski definition) is 0. The highest BCUT2D eigenvalue weighted by Gasteiger charge is 2.52. The number of ether oxygens (including phenoxy) is 2. The second-order valence-corrected chi connectivity index (χ2v) is 9.41. The summed E-state index contributed by atoms with van der Waals surface area (Å²) in [6, 6.07) is 36.8. The highest BCUT2D eigenvalue weighted by atomic mass is 16.7. The molecule has 5 nitrogen and oxygen atoms in total. The third-order valence-electron chi connectivity index (χ3n) is 7.31. The summed E-state index contributed by atoms with van der Waals surface area (Å²) < 4.78 is 24.2. The molecule has 0 saturated carbocycles. The van der Waals surface area contributed by atoms with E-state index in [0.29, 0.717) is 0 Å². The molecule has 0 aromatic heterocycles. The molecule has 1 fully saturated rings. The molecule has 37 heavy (non-hydrogen) atoms. The van der Waals surface area contributed by atoms with Crippen LogP contribution in [0.25, 0.3) is 0 Å². The molecule has 1 saturated heterocycles. The van der Waals surface area contributed by atoms with Gasteiger partial charge in [0.25, 0.3) is 0 Å². The third kappa shape index (κ3) is 4.88. The van der Waals surface area contributed by atoms with Crippen LogP contribution in [0.5, 0.6) is 11.5 Å². The van der Waals surface area contributed by atoms with Gasteiger partial charge in [0.05, 0.1) is 31.9 Å². The third-order valence-corrected chi connectivity index (χ3v) is 7.31. The van der Waals surface area contributed by atoms with E-state index in [-0.39, 0.29) is 12.1 Å². The summed E-state index contributed by atoms with van der Waals surface area (Å²) in [4.78, 5) is 0. The number of nitrogens with zero attached hydrogens (tertiary/aromatic N) is 1. The average molecular weight is 493 g/mol. The largest absolute Gasteiger partial charge is 0.511 e. The van der Waals surface area contributed by atoms with Crippen LogP contribution < -0.4 is 14.9 Å². The van der Waals surface area contributed by atoms with Gasteiger partial charge in [-0.2, -0.15) is 5.06 Å². The second kappa shape index (κ2) is 10.8. The summed E-state index contributed by atoms with van der Waals surface area (Å²) in [5, 5.41) is 2.13. The molecular weight excluding hydrogens is 461 g/mol. The van der Waals surface area contributed by atoms with Crippen molar-refractivity contribution >= 4 is 12.6 Å². The van der Waals surface area contributed by atoms with Gasteiger partial charge in [-0.15, -0.1) is 0 Å². The lowest BCUT2D eigenvalue weighted by Crippen LogP contribution is -2.63. The van der Waals surface area contributed by atoms with Crippen molar-refractivity contribution in [1.29, 1.82) is 0 Å². The van der Waals surface area contributed by atoms with Crippen molar-refractivity contribution in [1.82, 2.24) is 5.06 Å². The van der Waals surface area contributed by atoms with E-state index in [1.807, 2.05) is 48.5 Å². The molecule has 0 spiro atoms. The molecule has 1 aliphatic rings. The minimum atomic E-state index is -0.619. The zero-order chi connectivity index (χ0) is 25.8. The second-order valence-electron chi connectivity index (χ2n) is 9.41. The van der Waals surface area contributed by atoms with Gasteiger partial charge in [-0.1, -0.05) is 84.9 Å². The van der Waals surface area contributed by atoms with Crippen LogP contribution in [0.3, 0.4) is 0 Å². The van der Waals surface area contributed by atoms with Gasteiger partial charge in [-0.25, -0.2) is 0 Å². The van der Waals surface area contributed by atoms with Crippen molar-refractivity contribution in [2.75, 3.05) is 14.2 Å². The predicted molar refractivity (Wildman–Crippen MR) is 147 cm³/mol. The Morgan fingerprint density at radius 2 is 1.22 bits per heavy atom. The molecule has 0 amide bonds. The fraction of sp³-hybridized carbons (Fsp3) is 0.226. The maximum atomic E-state index is 6.85. The zero-order valence-corrected chi connectivity index (χ0v) is 21.7. The van der Waals surface area contributed by atoms with Crippen molar-refractivity contribution in [3.05, 3.63) is 126 Å². The lowest BCUT2D eigenvalue weighted by molar-refractivity contribution is -0.242. The number of methoxy groups -OCH3 is 2. The van der Waals surface area contributed by atoms with Gasteiger partial charge in [0, 0.05) is 0 Å². The molecule has 0 bridgehead atoms. The monoisotopic (exact) mass is 493 g/mol. The first-order chi connectivity index (χ1) is 18.0. The SMILES string of the molecule is COc1ccc(B2OC(C)C(C)(c3ccc(OC)cc3)N(C(c3ccccc3)c3ccccc3)O2)cc1. The number of hydrogen-bond acceptors (Lipinski definition) is 5. The van der Waals surface area contributed by atoms with Crippen LogP contribution in [0.4, 0.5) is 0 Å². The van der Waals surface area contributed by atoms with E-state index in [4.69, 9.17) is 18.9 Å². The molecule has 4 aromatic rings. The first kappa shape index (κ1) is 25.1. The van der Waals surface area contributed by atoms with Gasteiger partial charge in [0.2, 0.25) is 0 Å². The molecule has 4 aromatic carbocycles. The maximum absolute atomic E-state index is 6.85. The molecule has 2 atom stereocenters. The molecule has 6 heteroatoms. The zero-order valence-electron chi connectivity index (χ0n) is 21.7. The summed E-state index contributed by atoms with van der Waals surface area (Å²) in [6.07, 6.45) is -0.211. The van der Waals surface area contributed by atoms with Crippen molar-refractivity contribution in [3.63, 3.8) is 0 Å². The number of hydroxylamine groups is 2. The van der Waals surface area contributed by atoms with Crippen LogP contribution in [0, 0.1) is 0 Å². The Morgan fingerprint density at radius 1 is 0.730 bits per heavy atom. The van der Waals surface area contributed by atoms with Gasteiger partial charge in [0.15, 0.2) is 0 Å². The highest BCUT2D eigenvalue weighted by Crippen LogP contribution is 2.45. The summed E-state index contributed by atoms with van der Waals surface area (Å²) in [5.41, 5.74) is 3.65. The van der Waals surface area contributed by atoms with Gasteiger partial charge < -0.3 is 18.9 Å². The average Bonchev–Trinajstić information content (AvgIpc) is 2.96. The first-order valence-electron chi connectivity index (χ1n) is 12.5. The Bertz CT molecular complexity index is 1250. The Kier molecular flexibility index (Phi) is 7.33. The van der Waals surface area contributed by atoms with Crippen LogP contribution in [0.15, 0.2) is 109 Å². The summed E-state index contributed by atoms with van der Waals surface area (Å²) in [5.74, 6) is 1.60. The topological polar surface area (TPSA) is 40.2 Å². The highest BCUT2D eigenvalue weighted by molar-refractivity contribution is 6.61. The van der Waals surface area contributed by atoms with Gasteiger partial charge >= 0.3 is 7.12 Å². The van der Waals surface area contributed by atoms with Crippen LogP contribution >= 0.6 is 0 Å². The number of rotatable bonds is 7. The molecule has 0 radical (unpaired) electrons. The quantitative estimate of drug-likeness (QED) is 0.307. The van der Waals surface area contributed by atoms with Crippen LogP contribution in [0.1, 0.15) is 36.6 Å². The van der Waals surface area contributed by atoms with E-state index >= 15 is 0 Å². The Balaban J connectivity index is 1.65. The first-order valence-corrected chi connectivity index (χ1v) is 12.5. The molecule has 1 heterocycles. The summed E-state index contributed by atoms with van der Waals surface area (Å²) in [6.45, 7) is 4.30. The van der Waals surface area contributed by atoms with Gasteiger partial charge in [-0.05, 0) is 60.3 Å². The van der Waals surface area contributed by atoms with Gasteiger partial charge in [0.1, 0.15) is 11.5 Å². The lowest BCUT2D eigenvalue weighted by atomic mass is 9.74. The Hall–Kier alpha value is -3.58.